The quantitative estimate of drug-likeness (QED) is 0.529. The standard InChI is InChI=1S/C26H26N2O6S/c1-14(2)34-25(31)22-15(3)27-26-28(23(22)19-13-18(32-4)10-11-20(19)33-5)24(30)21(35-26)12-16-6-8-17(29)9-7-16/h6-14,23,29H,1-5H3/b21-12-/t23-/m0/s1. The van der Waals surface area contributed by atoms with E-state index in [4.69, 9.17) is 14.2 Å². The number of ether oxygens (including phenoxy) is 3. The predicted octanol–water partition coefficient (Wildman–Crippen LogP) is 2.91. The molecule has 0 fully saturated rings. The molecule has 0 unspecified atom stereocenters. The van der Waals surface area contributed by atoms with Gasteiger partial charge in [0.1, 0.15) is 23.3 Å². The summed E-state index contributed by atoms with van der Waals surface area (Å²) in [6.45, 7) is 5.26. The molecule has 2 heterocycles. The molecule has 3 aromatic rings. The zero-order chi connectivity index (χ0) is 25.3. The van der Waals surface area contributed by atoms with Crippen molar-refractivity contribution in [3.05, 3.63) is 84.5 Å². The van der Waals surface area contributed by atoms with Crippen LogP contribution in [0.5, 0.6) is 17.2 Å². The monoisotopic (exact) mass is 494 g/mol. The van der Waals surface area contributed by atoms with Crippen LogP contribution in [0.4, 0.5) is 0 Å². The third-order valence-corrected chi connectivity index (χ3v) is 6.49. The summed E-state index contributed by atoms with van der Waals surface area (Å²) in [4.78, 5) is 32.0. The number of phenols is 1. The van der Waals surface area contributed by atoms with Crippen molar-refractivity contribution in [1.29, 1.82) is 0 Å². The summed E-state index contributed by atoms with van der Waals surface area (Å²) in [6, 6.07) is 10.9. The van der Waals surface area contributed by atoms with E-state index in [1.807, 2.05) is 0 Å². The molecule has 0 amide bonds. The van der Waals surface area contributed by atoms with Crippen LogP contribution in [0.3, 0.4) is 0 Å². The Balaban J connectivity index is 2.00. The highest BCUT2D eigenvalue weighted by Crippen LogP contribution is 2.38. The molecule has 0 radical (unpaired) electrons. The van der Waals surface area contributed by atoms with E-state index in [2.05, 4.69) is 4.99 Å². The maximum Gasteiger partial charge on any atom is 0.338 e. The average molecular weight is 495 g/mol. The Morgan fingerprint density at radius 2 is 1.86 bits per heavy atom. The lowest BCUT2D eigenvalue weighted by Gasteiger charge is -2.26. The smallest absolute Gasteiger partial charge is 0.338 e. The first-order valence-electron chi connectivity index (χ1n) is 11.0. The second kappa shape index (κ2) is 9.79. The number of phenolic OH excluding ortho intramolecular Hbond substituents is 1. The Hall–Kier alpha value is -3.85. The fourth-order valence-corrected chi connectivity index (χ4v) is 4.98. The first kappa shape index (κ1) is 24.3. The molecule has 2 aromatic carbocycles. The molecular formula is C26H26N2O6S. The van der Waals surface area contributed by atoms with Gasteiger partial charge in [0.2, 0.25) is 0 Å². The summed E-state index contributed by atoms with van der Waals surface area (Å²) in [6.07, 6.45) is 1.38. The molecule has 35 heavy (non-hydrogen) atoms. The number of allylic oxidation sites excluding steroid dienone is 1. The summed E-state index contributed by atoms with van der Waals surface area (Å²) >= 11 is 1.22. The van der Waals surface area contributed by atoms with Gasteiger partial charge in [0.15, 0.2) is 4.80 Å². The Morgan fingerprint density at radius 3 is 2.49 bits per heavy atom. The summed E-state index contributed by atoms with van der Waals surface area (Å²) in [5.74, 6) is 0.633. The molecule has 0 bridgehead atoms. The highest BCUT2D eigenvalue weighted by Gasteiger charge is 2.35. The second-order valence-electron chi connectivity index (χ2n) is 8.24. The van der Waals surface area contributed by atoms with Gasteiger partial charge in [-0.2, -0.15) is 0 Å². The molecule has 9 heteroatoms. The second-order valence-corrected chi connectivity index (χ2v) is 9.24. The van der Waals surface area contributed by atoms with Crippen LogP contribution in [0.15, 0.2) is 63.5 Å². The third-order valence-electron chi connectivity index (χ3n) is 5.51. The van der Waals surface area contributed by atoms with Crippen LogP contribution in [0.1, 0.15) is 37.9 Å². The van der Waals surface area contributed by atoms with E-state index in [1.54, 1.807) is 76.4 Å². The number of benzene rings is 2. The van der Waals surface area contributed by atoms with Crippen LogP contribution in [-0.2, 0) is 9.53 Å². The summed E-state index contributed by atoms with van der Waals surface area (Å²) in [7, 11) is 3.08. The minimum atomic E-state index is -0.829. The minimum absolute atomic E-state index is 0.137. The number of aromatic hydroxyl groups is 1. The van der Waals surface area contributed by atoms with Gasteiger partial charge < -0.3 is 19.3 Å². The lowest BCUT2D eigenvalue weighted by Crippen LogP contribution is -2.40. The van der Waals surface area contributed by atoms with Crippen molar-refractivity contribution >= 4 is 23.4 Å². The molecule has 0 spiro atoms. The average Bonchev–Trinajstić information content (AvgIpc) is 3.13. The minimum Gasteiger partial charge on any atom is -0.508 e. The van der Waals surface area contributed by atoms with Gasteiger partial charge in [-0.05, 0) is 62.7 Å². The summed E-state index contributed by atoms with van der Waals surface area (Å²) in [5.41, 5.74) is 1.74. The van der Waals surface area contributed by atoms with Crippen molar-refractivity contribution in [3.8, 4) is 17.2 Å². The van der Waals surface area contributed by atoms with Crippen LogP contribution in [-0.4, -0.2) is 36.0 Å². The van der Waals surface area contributed by atoms with Gasteiger partial charge in [0.05, 0.1) is 36.1 Å². The van der Waals surface area contributed by atoms with Crippen molar-refractivity contribution in [1.82, 2.24) is 4.57 Å². The Labute approximate surface area is 206 Å². The van der Waals surface area contributed by atoms with Crippen molar-refractivity contribution < 1.29 is 24.1 Å². The molecule has 1 aliphatic rings. The van der Waals surface area contributed by atoms with Crippen LogP contribution >= 0.6 is 11.3 Å². The zero-order valence-electron chi connectivity index (χ0n) is 20.1. The number of fused-ring (bicyclic) bond motifs is 1. The van der Waals surface area contributed by atoms with E-state index in [9.17, 15) is 14.7 Å². The van der Waals surface area contributed by atoms with Gasteiger partial charge in [-0.3, -0.25) is 9.36 Å². The summed E-state index contributed by atoms with van der Waals surface area (Å²) in [5, 5.41) is 9.57. The van der Waals surface area contributed by atoms with E-state index >= 15 is 0 Å². The number of carbonyl (C=O) groups is 1. The molecule has 1 N–H and O–H groups in total. The van der Waals surface area contributed by atoms with Crippen LogP contribution in [0.25, 0.3) is 6.08 Å². The Bertz CT molecular complexity index is 1480. The van der Waals surface area contributed by atoms with Crippen molar-refractivity contribution in [2.24, 2.45) is 4.99 Å². The van der Waals surface area contributed by atoms with Gasteiger partial charge in [0.25, 0.3) is 5.56 Å². The van der Waals surface area contributed by atoms with Gasteiger partial charge >= 0.3 is 5.97 Å². The maximum absolute atomic E-state index is 13.7. The molecule has 1 aromatic heterocycles. The molecule has 1 aliphatic heterocycles. The van der Waals surface area contributed by atoms with E-state index in [1.165, 1.54) is 23.0 Å². The Kier molecular flexibility index (Phi) is 6.79. The van der Waals surface area contributed by atoms with Crippen molar-refractivity contribution in [3.63, 3.8) is 0 Å². The van der Waals surface area contributed by atoms with Gasteiger partial charge in [-0.15, -0.1) is 0 Å². The van der Waals surface area contributed by atoms with Gasteiger partial charge in [-0.1, -0.05) is 23.5 Å². The molecule has 0 aliphatic carbocycles. The highest BCUT2D eigenvalue weighted by atomic mass is 32.1. The molecular weight excluding hydrogens is 468 g/mol. The number of nitrogens with zero attached hydrogens (tertiary/aromatic N) is 2. The normalized spacial score (nSPS) is 15.6. The van der Waals surface area contributed by atoms with Crippen molar-refractivity contribution in [2.75, 3.05) is 14.2 Å². The predicted molar refractivity (Wildman–Crippen MR) is 133 cm³/mol. The molecule has 0 saturated heterocycles. The molecule has 8 nitrogen and oxygen atoms in total. The number of hydrogen-bond acceptors (Lipinski definition) is 8. The number of hydrogen-bond donors (Lipinski definition) is 1. The number of carbonyl (C=O) groups excluding carboxylic acids is 1. The van der Waals surface area contributed by atoms with Crippen LogP contribution < -0.4 is 24.4 Å². The van der Waals surface area contributed by atoms with Gasteiger partial charge in [-0.25, -0.2) is 9.79 Å². The van der Waals surface area contributed by atoms with E-state index in [-0.39, 0.29) is 23.0 Å². The van der Waals surface area contributed by atoms with E-state index < -0.39 is 12.0 Å². The number of thiazole rings is 1. The number of rotatable bonds is 6. The van der Waals surface area contributed by atoms with Crippen molar-refractivity contribution in [2.45, 2.75) is 32.9 Å². The van der Waals surface area contributed by atoms with E-state index in [0.29, 0.717) is 32.1 Å². The highest BCUT2D eigenvalue weighted by molar-refractivity contribution is 7.07. The molecule has 1 atom stereocenters. The number of methoxy groups -OCH3 is 2. The molecule has 182 valence electrons. The van der Waals surface area contributed by atoms with E-state index in [0.717, 1.165) is 5.56 Å². The SMILES string of the molecule is COc1ccc(OC)c([C@H]2C(C(=O)OC(C)C)=C(C)N=c3s/c(=C\c4ccc(O)cc4)c(=O)n32)c1. The lowest BCUT2D eigenvalue weighted by atomic mass is 9.94. The zero-order valence-corrected chi connectivity index (χ0v) is 20.9. The van der Waals surface area contributed by atoms with Gasteiger partial charge in [0, 0.05) is 5.56 Å². The number of aromatic nitrogens is 1. The fourth-order valence-electron chi connectivity index (χ4n) is 3.93. The third kappa shape index (κ3) is 4.72. The molecule has 0 saturated carbocycles. The fraction of sp³-hybridized carbons (Fsp3) is 0.269. The van der Waals surface area contributed by atoms with Crippen LogP contribution in [0.2, 0.25) is 0 Å². The first-order chi connectivity index (χ1) is 16.7. The topological polar surface area (TPSA) is 99.4 Å². The van der Waals surface area contributed by atoms with Crippen LogP contribution in [0, 0.1) is 0 Å². The molecule has 4 rings (SSSR count). The first-order valence-corrected chi connectivity index (χ1v) is 11.8. The largest absolute Gasteiger partial charge is 0.508 e. The summed E-state index contributed by atoms with van der Waals surface area (Å²) < 4.78 is 18.5. The Morgan fingerprint density at radius 1 is 1.14 bits per heavy atom. The number of esters is 1. The maximum atomic E-state index is 13.7. The lowest BCUT2D eigenvalue weighted by molar-refractivity contribution is -0.143.